The van der Waals surface area contributed by atoms with Gasteiger partial charge in [-0.2, -0.15) is 5.10 Å². The van der Waals surface area contributed by atoms with E-state index in [4.69, 9.17) is 0 Å². The Hall–Kier alpha value is -3.16. The first-order valence-electron chi connectivity index (χ1n) is 7.75. The summed E-state index contributed by atoms with van der Waals surface area (Å²) in [6, 6.07) is 6.89. The third-order valence-corrected chi connectivity index (χ3v) is 5.36. The van der Waals surface area contributed by atoms with Gasteiger partial charge in [-0.05, 0) is 24.1 Å². The zero-order valence-corrected chi connectivity index (χ0v) is 13.1. The Labute approximate surface area is 142 Å². The van der Waals surface area contributed by atoms with E-state index in [1.54, 1.807) is 30.6 Å². The van der Waals surface area contributed by atoms with E-state index in [1.807, 2.05) is 6.07 Å². The summed E-state index contributed by atoms with van der Waals surface area (Å²) in [5.74, 6) is -2.67. The van der Waals surface area contributed by atoms with Crippen LogP contribution in [0, 0.1) is 10.8 Å². The van der Waals surface area contributed by atoms with Crippen LogP contribution in [-0.4, -0.2) is 56.2 Å². The average molecular weight is 341 g/mol. The van der Waals surface area contributed by atoms with Crippen LogP contribution < -0.4 is 0 Å². The van der Waals surface area contributed by atoms with Crippen molar-refractivity contribution in [2.24, 2.45) is 10.8 Å². The molecular weight excluding hydrogens is 326 g/mol. The molecule has 2 fully saturated rings. The lowest BCUT2D eigenvalue weighted by atomic mass is 9.97. The molecule has 25 heavy (non-hydrogen) atoms. The molecule has 0 bridgehead atoms. The van der Waals surface area contributed by atoms with E-state index < -0.39 is 22.8 Å². The number of H-pyrrole nitrogens is 1. The first-order valence-corrected chi connectivity index (χ1v) is 7.75. The van der Waals surface area contributed by atoms with Crippen molar-refractivity contribution >= 4 is 17.8 Å². The Morgan fingerprint density at radius 3 is 2.32 bits per heavy atom. The van der Waals surface area contributed by atoms with Gasteiger partial charge < -0.3 is 15.1 Å². The van der Waals surface area contributed by atoms with Gasteiger partial charge in [-0.3, -0.25) is 19.5 Å². The van der Waals surface area contributed by atoms with Crippen LogP contribution in [0.1, 0.15) is 16.8 Å². The maximum atomic E-state index is 12.8. The van der Waals surface area contributed by atoms with E-state index in [-0.39, 0.29) is 25.4 Å². The molecule has 4 rings (SSSR count). The molecule has 1 saturated carbocycles. The molecule has 2 aliphatic rings. The van der Waals surface area contributed by atoms with Crippen molar-refractivity contribution in [1.82, 2.24) is 15.1 Å². The van der Waals surface area contributed by atoms with E-state index in [0.717, 1.165) is 11.1 Å². The highest BCUT2D eigenvalue weighted by Gasteiger charge is 2.81. The minimum atomic E-state index is -1.36. The number of likely N-dealkylation sites (tertiary alicyclic amines) is 1. The third-order valence-electron chi connectivity index (χ3n) is 5.36. The summed E-state index contributed by atoms with van der Waals surface area (Å²) in [5.41, 5.74) is -0.721. The van der Waals surface area contributed by atoms with Crippen LogP contribution >= 0.6 is 0 Å². The van der Waals surface area contributed by atoms with Gasteiger partial charge >= 0.3 is 11.9 Å². The van der Waals surface area contributed by atoms with Crippen molar-refractivity contribution in [2.75, 3.05) is 13.1 Å². The molecule has 2 heterocycles. The molecule has 0 spiro atoms. The van der Waals surface area contributed by atoms with Gasteiger partial charge in [0.2, 0.25) is 0 Å². The molecule has 0 radical (unpaired) electrons. The van der Waals surface area contributed by atoms with Gasteiger partial charge in [0.1, 0.15) is 10.8 Å². The van der Waals surface area contributed by atoms with E-state index in [9.17, 15) is 24.6 Å². The van der Waals surface area contributed by atoms with Crippen molar-refractivity contribution in [3.8, 4) is 11.1 Å². The second-order valence-corrected chi connectivity index (χ2v) is 6.68. The second kappa shape index (κ2) is 4.92. The Balaban J connectivity index is 1.62. The fraction of sp³-hybridized carbons (Fsp3) is 0.294. The van der Waals surface area contributed by atoms with E-state index >= 15 is 0 Å². The van der Waals surface area contributed by atoms with Crippen LogP contribution in [0.25, 0.3) is 11.1 Å². The first-order chi connectivity index (χ1) is 11.9. The summed E-state index contributed by atoms with van der Waals surface area (Å²) in [6.45, 7) is -0.160. The fourth-order valence-corrected chi connectivity index (χ4v) is 3.86. The van der Waals surface area contributed by atoms with Crippen LogP contribution in [-0.2, 0) is 9.59 Å². The highest BCUT2D eigenvalue weighted by atomic mass is 16.4. The highest BCUT2D eigenvalue weighted by Crippen LogP contribution is 2.68. The monoisotopic (exact) mass is 341 g/mol. The number of carbonyl (C=O) groups excluding carboxylic acids is 1. The Morgan fingerprint density at radius 1 is 1.08 bits per heavy atom. The molecule has 128 valence electrons. The lowest BCUT2D eigenvalue weighted by Gasteiger charge is -2.20. The number of nitrogens with zero attached hydrogens (tertiary/aromatic N) is 2. The SMILES string of the molecule is O=C(c1cccc(-c2cn[nH]c2)c1)N1C[C@@]2(C(=O)O)C[C@@]2(C(=O)O)C1. The molecule has 8 heteroatoms. The molecule has 3 N–H and O–H groups in total. The summed E-state index contributed by atoms with van der Waals surface area (Å²) in [4.78, 5) is 37.3. The molecule has 1 amide bonds. The number of carboxylic acid groups (broad SMARTS) is 2. The molecule has 2 atom stereocenters. The maximum Gasteiger partial charge on any atom is 0.312 e. The van der Waals surface area contributed by atoms with Gasteiger partial charge in [0.25, 0.3) is 5.91 Å². The van der Waals surface area contributed by atoms with Crippen LogP contribution in [0.2, 0.25) is 0 Å². The number of aliphatic carboxylic acids is 2. The number of carboxylic acids is 2. The smallest absolute Gasteiger partial charge is 0.312 e. The predicted octanol–water partition coefficient (Wildman–Crippen LogP) is 1.08. The number of amides is 1. The molecule has 0 unspecified atom stereocenters. The lowest BCUT2D eigenvalue weighted by Crippen LogP contribution is -2.34. The maximum absolute atomic E-state index is 12.8. The molecule has 2 aromatic rings. The number of piperidine rings is 1. The predicted molar refractivity (Wildman–Crippen MR) is 84.7 cm³/mol. The number of benzene rings is 1. The summed E-state index contributed by atoms with van der Waals surface area (Å²) < 4.78 is 0. The number of hydrogen-bond acceptors (Lipinski definition) is 4. The van der Waals surface area contributed by atoms with Crippen LogP contribution in [0.15, 0.2) is 36.7 Å². The van der Waals surface area contributed by atoms with E-state index in [2.05, 4.69) is 10.2 Å². The minimum Gasteiger partial charge on any atom is -0.481 e. The average Bonchev–Trinajstić information content (AvgIpc) is 2.97. The largest absolute Gasteiger partial charge is 0.481 e. The van der Waals surface area contributed by atoms with Gasteiger partial charge in [0.15, 0.2) is 0 Å². The molecule has 1 aromatic carbocycles. The van der Waals surface area contributed by atoms with E-state index in [0.29, 0.717) is 5.56 Å². The molecule has 8 nitrogen and oxygen atoms in total. The molecule has 1 aliphatic carbocycles. The lowest BCUT2D eigenvalue weighted by molar-refractivity contribution is -0.151. The van der Waals surface area contributed by atoms with Crippen LogP contribution in [0.4, 0.5) is 0 Å². The van der Waals surface area contributed by atoms with Crippen LogP contribution in [0.5, 0.6) is 0 Å². The Bertz CT molecular complexity index is 865. The van der Waals surface area contributed by atoms with Gasteiger partial charge in [-0.15, -0.1) is 0 Å². The quantitative estimate of drug-likeness (QED) is 0.764. The number of aromatic amines is 1. The van der Waals surface area contributed by atoms with Gasteiger partial charge in [-0.1, -0.05) is 12.1 Å². The number of hydrogen-bond donors (Lipinski definition) is 3. The molecule has 1 aliphatic heterocycles. The van der Waals surface area contributed by atoms with Crippen molar-refractivity contribution in [1.29, 1.82) is 0 Å². The minimum absolute atomic E-state index is 0.0729. The van der Waals surface area contributed by atoms with Crippen molar-refractivity contribution in [3.05, 3.63) is 42.2 Å². The van der Waals surface area contributed by atoms with Crippen molar-refractivity contribution in [3.63, 3.8) is 0 Å². The number of carbonyl (C=O) groups is 3. The van der Waals surface area contributed by atoms with Gasteiger partial charge in [0, 0.05) is 30.4 Å². The molecule has 1 saturated heterocycles. The number of nitrogens with one attached hydrogen (secondary N) is 1. The zero-order valence-electron chi connectivity index (χ0n) is 13.1. The molecular formula is C17H15N3O5. The normalized spacial score (nSPS) is 27.0. The summed E-state index contributed by atoms with van der Waals surface area (Å²) in [6.07, 6.45) is 3.41. The van der Waals surface area contributed by atoms with E-state index in [1.165, 1.54) is 4.90 Å². The van der Waals surface area contributed by atoms with Crippen molar-refractivity contribution in [2.45, 2.75) is 6.42 Å². The summed E-state index contributed by atoms with van der Waals surface area (Å²) in [7, 11) is 0. The number of aromatic nitrogens is 2. The second-order valence-electron chi connectivity index (χ2n) is 6.68. The van der Waals surface area contributed by atoms with Crippen LogP contribution in [0.3, 0.4) is 0 Å². The summed E-state index contributed by atoms with van der Waals surface area (Å²) >= 11 is 0. The van der Waals surface area contributed by atoms with Gasteiger partial charge in [-0.25, -0.2) is 0 Å². The standard InChI is InChI=1S/C17H15N3O5/c21-13(11-3-1-2-10(4-11)12-5-18-19-6-12)20-8-16(14(22)23)7-17(16,9-20)15(24)25/h1-6H,7-9H2,(H,18,19)(H,22,23)(H,24,25)/t16-,17+. The number of fused-ring (bicyclic) bond motifs is 1. The summed E-state index contributed by atoms with van der Waals surface area (Å²) in [5, 5.41) is 25.5. The van der Waals surface area contributed by atoms with Gasteiger partial charge in [0.05, 0.1) is 6.20 Å². The van der Waals surface area contributed by atoms with Crippen molar-refractivity contribution < 1.29 is 24.6 Å². The molecule has 1 aromatic heterocycles. The topological polar surface area (TPSA) is 124 Å². The highest BCUT2D eigenvalue weighted by molar-refractivity contribution is 6.00. The number of rotatable bonds is 4. The third kappa shape index (κ3) is 2.00. The Kier molecular flexibility index (Phi) is 3.02. The fourth-order valence-electron chi connectivity index (χ4n) is 3.86. The Morgan fingerprint density at radius 2 is 1.76 bits per heavy atom. The first kappa shape index (κ1) is 15.4. The zero-order chi connectivity index (χ0) is 17.8.